The third kappa shape index (κ3) is 4.05. The van der Waals surface area contributed by atoms with Crippen LogP contribution < -0.4 is 10.2 Å². The molecule has 3 aromatic rings. The minimum absolute atomic E-state index is 0.103. The summed E-state index contributed by atoms with van der Waals surface area (Å²) in [4.78, 5) is 42.4. The van der Waals surface area contributed by atoms with Gasteiger partial charge in [0.2, 0.25) is 5.91 Å². The van der Waals surface area contributed by atoms with Gasteiger partial charge in [0.15, 0.2) is 0 Å². The molecule has 7 heteroatoms. The standard InChI is InChI=1S/C22H19N3O3S/c26-20(23-16-8-3-1-4-9-16)14-19-21(27)25(17-10-5-2-6-11-17)22(28)24(19)15-18-12-7-13-29-18/h1-13,19H,14-15H2,(H,23,26). The Bertz CT molecular complexity index is 1010. The van der Waals surface area contributed by atoms with Gasteiger partial charge in [0.25, 0.3) is 5.91 Å². The Morgan fingerprint density at radius 1 is 0.931 bits per heavy atom. The zero-order valence-corrected chi connectivity index (χ0v) is 16.3. The molecule has 6 nitrogen and oxygen atoms in total. The van der Waals surface area contributed by atoms with Crippen LogP contribution in [0.3, 0.4) is 0 Å². The molecule has 0 saturated carbocycles. The fourth-order valence-corrected chi connectivity index (χ4v) is 4.01. The Hall–Kier alpha value is -3.45. The first kappa shape index (κ1) is 18.9. The minimum Gasteiger partial charge on any atom is -0.326 e. The number of carbonyl (C=O) groups is 3. The monoisotopic (exact) mass is 405 g/mol. The van der Waals surface area contributed by atoms with Gasteiger partial charge in [-0.1, -0.05) is 42.5 Å². The number of hydrogen-bond acceptors (Lipinski definition) is 4. The second kappa shape index (κ2) is 8.28. The van der Waals surface area contributed by atoms with Crippen LogP contribution in [0.2, 0.25) is 0 Å². The summed E-state index contributed by atoms with van der Waals surface area (Å²) in [5.41, 5.74) is 1.16. The maximum Gasteiger partial charge on any atom is 0.332 e. The lowest BCUT2D eigenvalue weighted by Crippen LogP contribution is -2.37. The predicted molar refractivity (Wildman–Crippen MR) is 113 cm³/mol. The minimum atomic E-state index is -0.853. The highest BCUT2D eigenvalue weighted by Gasteiger charge is 2.46. The maximum absolute atomic E-state index is 13.1. The molecule has 1 aliphatic rings. The van der Waals surface area contributed by atoms with Crippen molar-refractivity contribution in [2.75, 3.05) is 10.2 Å². The number of carbonyl (C=O) groups excluding carboxylic acids is 3. The summed E-state index contributed by atoms with van der Waals surface area (Å²) in [6, 6.07) is 20.4. The number of urea groups is 1. The van der Waals surface area contributed by atoms with Gasteiger partial charge in [-0.15, -0.1) is 11.3 Å². The highest BCUT2D eigenvalue weighted by Crippen LogP contribution is 2.29. The number of nitrogens with zero attached hydrogens (tertiary/aromatic N) is 2. The molecule has 0 aliphatic carbocycles. The number of imide groups is 1. The van der Waals surface area contributed by atoms with E-state index in [0.717, 1.165) is 9.78 Å². The molecule has 1 unspecified atom stereocenters. The lowest BCUT2D eigenvalue weighted by Gasteiger charge is -2.20. The number of rotatable bonds is 6. The average molecular weight is 405 g/mol. The Balaban J connectivity index is 1.58. The number of hydrogen-bond donors (Lipinski definition) is 1. The molecule has 1 fully saturated rings. The van der Waals surface area contributed by atoms with Crippen LogP contribution in [0.4, 0.5) is 16.2 Å². The van der Waals surface area contributed by atoms with Crippen LogP contribution >= 0.6 is 11.3 Å². The molecule has 4 amide bonds. The summed E-state index contributed by atoms with van der Waals surface area (Å²) < 4.78 is 0. The molecule has 1 saturated heterocycles. The third-order valence-electron chi connectivity index (χ3n) is 4.68. The Labute approximate surface area is 172 Å². The molecule has 29 heavy (non-hydrogen) atoms. The first-order valence-corrected chi connectivity index (χ1v) is 10.1. The summed E-state index contributed by atoms with van der Waals surface area (Å²) in [6.07, 6.45) is -0.103. The molecular formula is C22H19N3O3S. The fourth-order valence-electron chi connectivity index (χ4n) is 3.31. The molecule has 146 valence electrons. The molecule has 0 bridgehead atoms. The Morgan fingerprint density at radius 2 is 1.62 bits per heavy atom. The van der Waals surface area contributed by atoms with Crippen molar-refractivity contribution < 1.29 is 14.4 Å². The largest absolute Gasteiger partial charge is 0.332 e. The van der Waals surface area contributed by atoms with Crippen LogP contribution in [-0.4, -0.2) is 28.8 Å². The van der Waals surface area contributed by atoms with Gasteiger partial charge >= 0.3 is 6.03 Å². The van der Waals surface area contributed by atoms with E-state index in [-0.39, 0.29) is 24.8 Å². The van der Waals surface area contributed by atoms with E-state index in [0.29, 0.717) is 11.4 Å². The summed E-state index contributed by atoms with van der Waals surface area (Å²) in [5.74, 6) is -0.700. The van der Waals surface area contributed by atoms with E-state index >= 15 is 0 Å². The molecule has 2 heterocycles. The van der Waals surface area contributed by atoms with Crippen LogP contribution in [0.15, 0.2) is 78.2 Å². The average Bonchev–Trinajstić information content (AvgIpc) is 3.32. The number of para-hydroxylation sites is 2. The van der Waals surface area contributed by atoms with E-state index in [4.69, 9.17) is 0 Å². The van der Waals surface area contributed by atoms with Gasteiger partial charge < -0.3 is 10.2 Å². The third-order valence-corrected chi connectivity index (χ3v) is 5.54. The number of thiophene rings is 1. The summed E-state index contributed by atoms with van der Waals surface area (Å²) in [5, 5.41) is 4.71. The molecule has 1 atom stereocenters. The van der Waals surface area contributed by atoms with Gasteiger partial charge in [-0.2, -0.15) is 0 Å². The summed E-state index contributed by atoms with van der Waals surface area (Å²) in [7, 11) is 0. The van der Waals surface area contributed by atoms with Gasteiger partial charge in [0.05, 0.1) is 18.7 Å². The van der Waals surface area contributed by atoms with Crippen molar-refractivity contribution in [2.45, 2.75) is 19.0 Å². The SMILES string of the molecule is O=C(CC1C(=O)N(c2ccccc2)C(=O)N1Cc1cccs1)Nc1ccccc1. The molecule has 2 aromatic carbocycles. The summed E-state index contributed by atoms with van der Waals surface area (Å²) in [6.45, 7) is 0.287. The number of amides is 4. The van der Waals surface area contributed by atoms with Crippen LogP contribution in [0.25, 0.3) is 0 Å². The maximum atomic E-state index is 13.1. The van der Waals surface area contributed by atoms with E-state index in [1.54, 1.807) is 36.4 Å². The van der Waals surface area contributed by atoms with Crippen LogP contribution in [0.1, 0.15) is 11.3 Å². The van der Waals surface area contributed by atoms with Gasteiger partial charge in [-0.25, -0.2) is 9.69 Å². The number of benzene rings is 2. The highest BCUT2D eigenvalue weighted by atomic mass is 32.1. The van der Waals surface area contributed by atoms with E-state index in [1.165, 1.54) is 16.2 Å². The highest BCUT2D eigenvalue weighted by molar-refractivity contribution is 7.09. The molecule has 1 aromatic heterocycles. The van der Waals surface area contributed by atoms with Crippen molar-refractivity contribution in [1.82, 2.24) is 4.90 Å². The van der Waals surface area contributed by atoms with Crippen LogP contribution in [0.5, 0.6) is 0 Å². The molecule has 0 spiro atoms. The van der Waals surface area contributed by atoms with Crippen molar-refractivity contribution >= 4 is 40.6 Å². The van der Waals surface area contributed by atoms with Crippen LogP contribution in [-0.2, 0) is 16.1 Å². The van der Waals surface area contributed by atoms with E-state index in [2.05, 4.69) is 5.32 Å². The van der Waals surface area contributed by atoms with Crippen LogP contribution in [0, 0.1) is 0 Å². The first-order valence-electron chi connectivity index (χ1n) is 9.20. The summed E-state index contributed by atoms with van der Waals surface area (Å²) >= 11 is 1.51. The van der Waals surface area contributed by atoms with Gasteiger partial charge in [-0.05, 0) is 35.7 Å². The second-order valence-corrected chi connectivity index (χ2v) is 7.67. The van der Waals surface area contributed by atoms with Crippen molar-refractivity contribution in [3.8, 4) is 0 Å². The van der Waals surface area contributed by atoms with E-state index in [1.807, 2.05) is 41.8 Å². The molecule has 1 N–H and O–H groups in total. The fraction of sp³-hybridized carbons (Fsp3) is 0.136. The molecule has 1 aliphatic heterocycles. The first-order chi connectivity index (χ1) is 14.1. The van der Waals surface area contributed by atoms with E-state index < -0.39 is 12.1 Å². The van der Waals surface area contributed by atoms with Gasteiger partial charge in [0.1, 0.15) is 6.04 Å². The quantitative estimate of drug-likeness (QED) is 0.628. The smallest absolute Gasteiger partial charge is 0.326 e. The molecule has 0 radical (unpaired) electrons. The topological polar surface area (TPSA) is 69.7 Å². The zero-order chi connectivity index (χ0) is 20.2. The van der Waals surface area contributed by atoms with E-state index in [9.17, 15) is 14.4 Å². The second-order valence-electron chi connectivity index (χ2n) is 6.63. The van der Waals surface area contributed by atoms with Crippen molar-refractivity contribution in [1.29, 1.82) is 0 Å². The van der Waals surface area contributed by atoms with Crippen molar-refractivity contribution in [3.63, 3.8) is 0 Å². The predicted octanol–water partition coefficient (Wildman–Crippen LogP) is 4.11. The Kier molecular flexibility index (Phi) is 5.39. The Morgan fingerprint density at radius 3 is 2.28 bits per heavy atom. The molecule has 4 rings (SSSR count). The normalized spacial score (nSPS) is 16.3. The van der Waals surface area contributed by atoms with Crippen molar-refractivity contribution in [2.24, 2.45) is 0 Å². The zero-order valence-electron chi connectivity index (χ0n) is 15.5. The van der Waals surface area contributed by atoms with Gasteiger partial charge in [0, 0.05) is 10.6 Å². The van der Waals surface area contributed by atoms with Gasteiger partial charge in [-0.3, -0.25) is 9.59 Å². The lowest BCUT2D eigenvalue weighted by molar-refractivity contribution is -0.124. The van der Waals surface area contributed by atoms with Crippen molar-refractivity contribution in [3.05, 3.63) is 83.1 Å². The lowest BCUT2D eigenvalue weighted by atomic mass is 10.1. The number of anilines is 2. The molecular weight excluding hydrogens is 386 g/mol. The number of nitrogens with one attached hydrogen (secondary N) is 1.